The molecule has 5 aromatic rings. The van der Waals surface area contributed by atoms with Crippen molar-refractivity contribution in [3.8, 4) is 22.5 Å². The van der Waals surface area contributed by atoms with E-state index in [1.54, 1.807) is 18.3 Å². The number of nitrogens with one attached hydrogen (secondary N) is 1. The zero-order valence-electron chi connectivity index (χ0n) is 20.0. The minimum absolute atomic E-state index is 0.0782. The molecule has 2 aromatic carbocycles. The third-order valence-electron chi connectivity index (χ3n) is 5.66. The molecule has 0 fully saturated rings. The zero-order valence-corrected chi connectivity index (χ0v) is 21.7. The Labute approximate surface area is 222 Å². The van der Waals surface area contributed by atoms with Gasteiger partial charge >= 0.3 is 7.75 Å². The molecule has 0 saturated heterocycles. The van der Waals surface area contributed by atoms with Gasteiger partial charge in [-0.25, -0.2) is 23.0 Å². The maximum absolute atomic E-state index is 12.5. The second-order valence-electron chi connectivity index (χ2n) is 8.27. The molecule has 14 heteroatoms. The predicted molar refractivity (Wildman–Crippen MR) is 144 cm³/mol. The second-order valence-corrected chi connectivity index (χ2v) is 11.7. The van der Waals surface area contributed by atoms with Crippen LogP contribution in [0, 0.1) is 5.21 Å². The van der Waals surface area contributed by atoms with E-state index in [0.717, 1.165) is 29.1 Å². The Morgan fingerprint density at radius 1 is 0.923 bits per heavy atom. The van der Waals surface area contributed by atoms with E-state index < -0.39 is 26.9 Å². The van der Waals surface area contributed by atoms with Crippen molar-refractivity contribution < 1.29 is 22.8 Å². The summed E-state index contributed by atoms with van der Waals surface area (Å²) in [5.74, 6) is 0.517. The summed E-state index contributed by atoms with van der Waals surface area (Å²) in [5.41, 5.74) is 3.21. The molecule has 0 bridgehead atoms. The second kappa shape index (κ2) is 10.6. The van der Waals surface area contributed by atoms with Crippen LogP contribution in [0.25, 0.3) is 33.4 Å². The first kappa shape index (κ1) is 26.5. The average Bonchev–Trinajstić information content (AvgIpc) is 2.95. The van der Waals surface area contributed by atoms with Crippen LogP contribution in [0.2, 0.25) is 0 Å². The van der Waals surface area contributed by atoms with E-state index in [-0.39, 0.29) is 11.4 Å². The van der Waals surface area contributed by atoms with Gasteiger partial charge in [0.05, 0.1) is 23.1 Å². The van der Waals surface area contributed by atoms with Crippen LogP contribution < -0.4 is 5.32 Å². The largest absolute Gasteiger partial charge is 0.763 e. The first-order valence-corrected chi connectivity index (χ1v) is 14.4. The van der Waals surface area contributed by atoms with Crippen molar-refractivity contribution in [2.75, 3.05) is 5.32 Å². The van der Waals surface area contributed by atoms with Crippen molar-refractivity contribution >= 4 is 34.5 Å². The topological polar surface area (TPSA) is 182 Å². The summed E-state index contributed by atoms with van der Waals surface area (Å²) in [6.07, 6.45) is 3.77. The number of pyridine rings is 2. The van der Waals surface area contributed by atoms with E-state index >= 15 is 0 Å². The quantitative estimate of drug-likeness (QED) is 0.184. The van der Waals surface area contributed by atoms with Crippen molar-refractivity contribution in [1.82, 2.24) is 24.2 Å². The maximum Gasteiger partial charge on any atom is 0.404 e. The molecule has 198 valence electrons. The van der Waals surface area contributed by atoms with E-state index in [4.69, 9.17) is 9.79 Å². The molecule has 0 atom stereocenters. The zero-order chi connectivity index (χ0) is 27.6. The van der Waals surface area contributed by atoms with Gasteiger partial charge in [0.2, 0.25) is 10.0 Å². The van der Waals surface area contributed by atoms with Crippen LogP contribution in [0.3, 0.4) is 0 Å². The first-order valence-electron chi connectivity index (χ1n) is 11.4. The number of aromatic nitrogens is 4. The van der Waals surface area contributed by atoms with Crippen molar-refractivity contribution in [1.29, 1.82) is 0 Å². The number of hydrogen-bond donors (Lipinski definition) is 3. The van der Waals surface area contributed by atoms with Gasteiger partial charge in [-0.1, -0.05) is 48.5 Å². The molecule has 0 amide bonds. The number of nitrogens with zero attached hydrogens (tertiary/aromatic N) is 5. The standard InChI is InChI=1S/C25H20N6O6PS/c32-31(38(33,34)35)39(36,37)20-13-18(14-26-16-20)24-29-22-11-6-10-21(17-7-2-1-3-8-17)23(22)25(30-24)28-15-19-9-4-5-12-27-19/h1-14,16H,15H2,(H,28,29,30)(H2,33,34,35)/q-1. The first-order chi connectivity index (χ1) is 18.6. The van der Waals surface area contributed by atoms with Gasteiger partial charge in [-0.2, -0.15) is 4.24 Å². The monoisotopic (exact) mass is 563 g/mol. The molecule has 0 spiro atoms. The van der Waals surface area contributed by atoms with E-state index in [1.807, 2.05) is 54.6 Å². The molecule has 12 nitrogen and oxygen atoms in total. The Hall–Kier alpha value is -4.10. The molecule has 0 radical (unpaired) electrons. The van der Waals surface area contributed by atoms with Crippen molar-refractivity contribution in [3.63, 3.8) is 0 Å². The molecule has 0 unspecified atom stereocenters. The fourth-order valence-corrected chi connectivity index (χ4v) is 5.94. The Morgan fingerprint density at radius 2 is 1.69 bits per heavy atom. The smallest absolute Gasteiger partial charge is 0.404 e. The van der Waals surface area contributed by atoms with Crippen LogP contribution in [0.1, 0.15) is 5.69 Å². The number of sulfonamides is 1. The van der Waals surface area contributed by atoms with Crippen LogP contribution >= 0.6 is 7.75 Å². The van der Waals surface area contributed by atoms with Gasteiger partial charge in [0.15, 0.2) is 5.82 Å². The highest BCUT2D eigenvalue weighted by Gasteiger charge is 2.30. The molecule has 0 aliphatic heterocycles. The van der Waals surface area contributed by atoms with E-state index in [1.165, 1.54) is 6.20 Å². The highest BCUT2D eigenvalue weighted by molar-refractivity contribution is 7.94. The summed E-state index contributed by atoms with van der Waals surface area (Å²) in [7, 11) is -10.7. The van der Waals surface area contributed by atoms with Gasteiger partial charge in [0.25, 0.3) is 0 Å². The van der Waals surface area contributed by atoms with Gasteiger partial charge in [-0.3, -0.25) is 9.97 Å². The maximum atomic E-state index is 12.5. The molecule has 3 heterocycles. The summed E-state index contributed by atoms with van der Waals surface area (Å²) in [6, 6.07) is 21.8. The van der Waals surface area contributed by atoms with Crippen molar-refractivity contribution in [2.45, 2.75) is 11.4 Å². The fraction of sp³-hybridized carbons (Fsp3) is 0.0400. The normalized spacial score (nSPS) is 12.1. The summed E-state index contributed by atoms with van der Waals surface area (Å²) in [5, 5.41) is 15.9. The van der Waals surface area contributed by atoms with Crippen LogP contribution in [-0.4, -0.2) is 42.4 Å². The minimum Gasteiger partial charge on any atom is -0.763 e. The van der Waals surface area contributed by atoms with Crippen molar-refractivity contribution in [3.05, 3.63) is 102 Å². The number of rotatable bonds is 8. The van der Waals surface area contributed by atoms with Gasteiger partial charge in [-0.05, 0) is 35.4 Å². The summed E-state index contributed by atoms with van der Waals surface area (Å²) >= 11 is 0. The molecular weight excluding hydrogens is 543 g/mol. The molecule has 0 aliphatic rings. The molecule has 3 N–H and O–H groups in total. The molecule has 39 heavy (non-hydrogen) atoms. The Morgan fingerprint density at radius 3 is 2.41 bits per heavy atom. The van der Waals surface area contributed by atoms with Gasteiger partial charge < -0.3 is 20.3 Å². The average molecular weight is 564 g/mol. The number of benzene rings is 2. The number of fused-ring (bicyclic) bond motifs is 1. The van der Waals surface area contributed by atoms with Gasteiger partial charge in [0.1, 0.15) is 10.7 Å². The van der Waals surface area contributed by atoms with Gasteiger partial charge in [-0.15, -0.1) is 0 Å². The molecule has 0 saturated carbocycles. The van der Waals surface area contributed by atoms with Crippen LogP contribution in [-0.2, 0) is 21.1 Å². The lowest BCUT2D eigenvalue weighted by Crippen LogP contribution is -2.22. The SMILES string of the molecule is O=P(O)(O)N([O-])S(=O)(=O)c1cncc(-c2nc(NCc3ccccn3)c3c(-c4ccccc4)cccc3n2)c1. The summed E-state index contributed by atoms with van der Waals surface area (Å²) in [4.78, 5) is 34.9. The summed E-state index contributed by atoms with van der Waals surface area (Å²) in [6.45, 7) is 0.329. The molecule has 0 aliphatic carbocycles. The van der Waals surface area contributed by atoms with Crippen LogP contribution in [0.15, 0.2) is 96.3 Å². The van der Waals surface area contributed by atoms with E-state index in [2.05, 4.69) is 25.3 Å². The third kappa shape index (κ3) is 5.54. The summed E-state index contributed by atoms with van der Waals surface area (Å²) < 4.78 is 35.1. The van der Waals surface area contributed by atoms with Crippen LogP contribution in [0.4, 0.5) is 5.82 Å². The van der Waals surface area contributed by atoms with Crippen molar-refractivity contribution in [2.24, 2.45) is 0 Å². The third-order valence-corrected chi connectivity index (χ3v) is 8.60. The van der Waals surface area contributed by atoms with Gasteiger partial charge in [0, 0.05) is 24.2 Å². The fourth-order valence-electron chi connectivity index (χ4n) is 3.89. The minimum atomic E-state index is -5.63. The van der Waals surface area contributed by atoms with E-state index in [9.17, 15) is 18.2 Å². The molecule has 3 aromatic heterocycles. The Kier molecular flexibility index (Phi) is 7.19. The number of anilines is 1. The highest BCUT2D eigenvalue weighted by Crippen LogP contribution is 2.43. The van der Waals surface area contributed by atoms with E-state index in [0.29, 0.717) is 23.3 Å². The molecule has 5 rings (SSSR count). The molecular formula is C25H20N6O6PS-. The Bertz CT molecular complexity index is 1800. The highest BCUT2D eigenvalue weighted by atomic mass is 32.2. The Balaban J connectivity index is 1.66. The number of hydrogen-bond acceptors (Lipinski definition) is 9. The lowest BCUT2D eigenvalue weighted by atomic mass is 10.0. The predicted octanol–water partition coefficient (Wildman–Crippen LogP) is 3.95. The lowest BCUT2D eigenvalue weighted by molar-refractivity contribution is 0.338. The van der Waals surface area contributed by atoms with Crippen LogP contribution in [0.5, 0.6) is 0 Å². The lowest BCUT2D eigenvalue weighted by Gasteiger charge is -2.27.